The van der Waals surface area contributed by atoms with Crippen LogP contribution in [0.15, 0.2) is 12.1 Å². The van der Waals surface area contributed by atoms with Crippen LogP contribution in [0.2, 0.25) is 0 Å². The normalized spacial score (nSPS) is 21.0. The summed E-state index contributed by atoms with van der Waals surface area (Å²) >= 11 is 0. The Kier molecular flexibility index (Phi) is 4.07. The van der Waals surface area contributed by atoms with E-state index in [0.717, 1.165) is 36.6 Å². The van der Waals surface area contributed by atoms with Crippen LogP contribution < -0.4 is 10.6 Å². The third-order valence-corrected chi connectivity index (χ3v) is 3.54. The van der Waals surface area contributed by atoms with Crippen LogP contribution >= 0.6 is 0 Å². The van der Waals surface area contributed by atoms with Gasteiger partial charge in [0.1, 0.15) is 5.82 Å². The van der Waals surface area contributed by atoms with E-state index in [1.165, 1.54) is 0 Å². The lowest BCUT2D eigenvalue weighted by atomic mass is 9.98. The molecule has 2 rings (SSSR count). The van der Waals surface area contributed by atoms with Crippen molar-refractivity contribution in [2.45, 2.75) is 58.8 Å². The van der Waals surface area contributed by atoms with Crippen molar-refractivity contribution >= 4 is 5.82 Å². The number of aryl methyl sites for hydroxylation is 1. The Morgan fingerprint density at radius 3 is 2.30 bits per heavy atom. The average molecular weight is 277 g/mol. The smallest absolute Gasteiger partial charge is 0.129 e. The van der Waals surface area contributed by atoms with Gasteiger partial charge in [0.05, 0.1) is 11.2 Å². The fraction of sp³-hybridized carbons (Fsp3) is 0.688. The van der Waals surface area contributed by atoms with E-state index in [1.807, 2.05) is 0 Å². The lowest BCUT2D eigenvalue weighted by Gasteiger charge is -2.47. The zero-order valence-corrected chi connectivity index (χ0v) is 13.4. The van der Waals surface area contributed by atoms with Crippen LogP contribution in [0.4, 0.5) is 5.82 Å². The Bertz CT molecular complexity index is 444. The number of aromatic nitrogens is 1. The first-order valence-corrected chi connectivity index (χ1v) is 7.40. The zero-order chi connectivity index (χ0) is 15.0. The summed E-state index contributed by atoms with van der Waals surface area (Å²) < 4.78 is 6.13. The van der Waals surface area contributed by atoms with Gasteiger partial charge in [0.25, 0.3) is 0 Å². The number of nitrogens with two attached hydrogens (primary N) is 1. The first kappa shape index (κ1) is 15.3. The summed E-state index contributed by atoms with van der Waals surface area (Å²) in [5, 5.41) is 0. The Labute approximate surface area is 122 Å². The van der Waals surface area contributed by atoms with Crippen molar-refractivity contribution < 1.29 is 4.74 Å². The van der Waals surface area contributed by atoms with E-state index in [0.29, 0.717) is 6.54 Å². The Morgan fingerprint density at radius 1 is 1.20 bits per heavy atom. The number of rotatable bonds is 3. The molecule has 1 aromatic rings. The van der Waals surface area contributed by atoms with Crippen molar-refractivity contribution in [3.8, 4) is 0 Å². The van der Waals surface area contributed by atoms with Crippen LogP contribution in [0.5, 0.6) is 0 Å². The summed E-state index contributed by atoms with van der Waals surface area (Å²) in [6, 6.07) is 4.21. The van der Waals surface area contributed by atoms with Crippen molar-refractivity contribution in [2.75, 3.05) is 18.0 Å². The molecule has 0 spiro atoms. The summed E-state index contributed by atoms with van der Waals surface area (Å²) in [5.74, 6) is 1.02. The molecule has 2 N–H and O–H groups in total. The van der Waals surface area contributed by atoms with Crippen LogP contribution in [0.1, 0.15) is 45.9 Å². The molecule has 1 aliphatic rings. The molecule has 0 aliphatic carbocycles. The molecule has 1 fully saturated rings. The largest absolute Gasteiger partial charge is 0.366 e. The van der Waals surface area contributed by atoms with Crippen molar-refractivity contribution in [3.63, 3.8) is 0 Å². The first-order chi connectivity index (χ1) is 9.24. The minimum absolute atomic E-state index is 0.172. The van der Waals surface area contributed by atoms with E-state index in [-0.39, 0.29) is 11.2 Å². The third-order valence-electron chi connectivity index (χ3n) is 3.54. The highest BCUT2D eigenvalue weighted by Crippen LogP contribution is 2.31. The van der Waals surface area contributed by atoms with Crippen LogP contribution in [0, 0.1) is 0 Å². The number of hydrogen-bond donors (Lipinski definition) is 1. The first-order valence-electron chi connectivity index (χ1n) is 7.40. The molecule has 112 valence electrons. The van der Waals surface area contributed by atoms with E-state index < -0.39 is 0 Å². The Morgan fingerprint density at radius 2 is 1.80 bits per heavy atom. The predicted octanol–water partition coefficient (Wildman–Crippen LogP) is 2.50. The number of pyridine rings is 1. The topological polar surface area (TPSA) is 51.4 Å². The molecule has 4 nitrogen and oxygen atoms in total. The van der Waals surface area contributed by atoms with Crippen LogP contribution in [-0.2, 0) is 17.7 Å². The van der Waals surface area contributed by atoms with Gasteiger partial charge in [-0.1, -0.05) is 6.92 Å². The summed E-state index contributed by atoms with van der Waals surface area (Å²) in [4.78, 5) is 7.09. The minimum atomic E-state index is -0.172. The molecule has 0 bridgehead atoms. The maximum Gasteiger partial charge on any atom is 0.129 e. The van der Waals surface area contributed by atoms with Gasteiger partial charge in [0.15, 0.2) is 0 Å². The van der Waals surface area contributed by atoms with Gasteiger partial charge >= 0.3 is 0 Å². The molecule has 0 saturated carbocycles. The molecule has 0 unspecified atom stereocenters. The molecule has 0 amide bonds. The highest BCUT2D eigenvalue weighted by molar-refractivity contribution is 5.44. The van der Waals surface area contributed by atoms with Gasteiger partial charge in [0, 0.05) is 25.3 Å². The maximum absolute atomic E-state index is 6.13. The third kappa shape index (κ3) is 3.49. The number of ether oxygens (including phenoxy) is 1. The van der Waals surface area contributed by atoms with Crippen molar-refractivity contribution in [1.82, 2.24) is 4.98 Å². The summed E-state index contributed by atoms with van der Waals surface area (Å²) in [6.07, 6.45) is 0.929. The van der Waals surface area contributed by atoms with E-state index >= 15 is 0 Å². The number of morpholine rings is 1. The summed E-state index contributed by atoms with van der Waals surface area (Å²) in [6.45, 7) is 12.9. The summed E-state index contributed by atoms with van der Waals surface area (Å²) in [7, 11) is 0. The molecule has 0 atom stereocenters. The molecule has 0 aromatic carbocycles. The summed E-state index contributed by atoms with van der Waals surface area (Å²) in [5.41, 5.74) is 7.71. The standard InChI is InChI=1S/C16H27N3O/c1-6-13-7-12(9-17)8-14(18-13)19-10-15(2,3)20-16(4,5)11-19/h7-8H,6,9-11,17H2,1-5H3. The number of hydrogen-bond acceptors (Lipinski definition) is 4. The van der Waals surface area contributed by atoms with Crippen molar-refractivity contribution in [3.05, 3.63) is 23.4 Å². The van der Waals surface area contributed by atoms with Gasteiger partial charge < -0.3 is 15.4 Å². The van der Waals surface area contributed by atoms with Gasteiger partial charge in [0.2, 0.25) is 0 Å². The molecule has 1 aliphatic heterocycles. The van der Waals surface area contributed by atoms with E-state index in [4.69, 9.17) is 15.5 Å². The highest BCUT2D eigenvalue weighted by Gasteiger charge is 2.38. The van der Waals surface area contributed by atoms with Crippen LogP contribution in [0.25, 0.3) is 0 Å². The zero-order valence-electron chi connectivity index (χ0n) is 13.4. The molecule has 2 heterocycles. The van der Waals surface area contributed by atoms with E-state index in [2.05, 4.69) is 51.7 Å². The van der Waals surface area contributed by atoms with Crippen LogP contribution in [0.3, 0.4) is 0 Å². The van der Waals surface area contributed by atoms with Gasteiger partial charge in [-0.05, 0) is 51.8 Å². The van der Waals surface area contributed by atoms with Crippen molar-refractivity contribution in [1.29, 1.82) is 0 Å². The second kappa shape index (κ2) is 5.34. The monoisotopic (exact) mass is 277 g/mol. The minimum Gasteiger partial charge on any atom is -0.366 e. The van der Waals surface area contributed by atoms with Gasteiger partial charge in [-0.2, -0.15) is 0 Å². The average Bonchev–Trinajstić information content (AvgIpc) is 2.34. The molecule has 4 heteroatoms. The highest BCUT2D eigenvalue weighted by atomic mass is 16.5. The molecule has 1 saturated heterocycles. The van der Waals surface area contributed by atoms with E-state index in [1.54, 1.807) is 0 Å². The SMILES string of the molecule is CCc1cc(CN)cc(N2CC(C)(C)OC(C)(C)C2)n1. The predicted molar refractivity (Wildman–Crippen MR) is 83.0 cm³/mol. The van der Waals surface area contributed by atoms with Gasteiger partial charge in [-0.25, -0.2) is 4.98 Å². The fourth-order valence-corrected chi connectivity index (χ4v) is 3.04. The molecule has 0 radical (unpaired) electrons. The lowest BCUT2D eigenvalue weighted by Crippen LogP contribution is -2.57. The Hall–Kier alpha value is -1.13. The van der Waals surface area contributed by atoms with Crippen LogP contribution in [-0.4, -0.2) is 29.3 Å². The second-order valence-electron chi connectivity index (χ2n) is 6.86. The number of nitrogens with zero attached hydrogens (tertiary/aromatic N) is 2. The molecule has 20 heavy (non-hydrogen) atoms. The molecular weight excluding hydrogens is 250 g/mol. The lowest BCUT2D eigenvalue weighted by molar-refractivity contribution is -0.133. The van der Waals surface area contributed by atoms with Gasteiger partial charge in [-0.3, -0.25) is 0 Å². The fourth-order valence-electron chi connectivity index (χ4n) is 3.04. The second-order valence-corrected chi connectivity index (χ2v) is 6.86. The van der Waals surface area contributed by atoms with E-state index in [9.17, 15) is 0 Å². The molecule has 1 aromatic heterocycles. The quantitative estimate of drug-likeness (QED) is 0.922. The van der Waals surface area contributed by atoms with Gasteiger partial charge in [-0.15, -0.1) is 0 Å². The molecular formula is C16H27N3O. The maximum atomic E-state index is 6.13. The number of anilines is 1. The Balaban J connectivity index is 2.34. The van der Waals surface area contributed by atoms with Crippen molar-refractivity contribution in [2.24, 2.45) is 5.73 Å².